The highest BCUT2D eigenvalue weighted by Gasteiger charge is 2.52. The van der Waals surface area contributed by atoms with Gasteiger partial charge in [-0.2, -0.15) is 0 Å². The Labute approximate surface area is 179 Å². The van der Waals surface area contributed by atoms with Gasteiger partial charge in [0.15, 0.2) is 9.84 Å². The molecule has 1 atom stereocenters. The Hall–Kier alpha value is -2.65. The molecule has 1 aromatic carbocycles. The monoisotopic (exact) mass is 448 g/mol. The number of anilines is 1. The number of rotatable bonds is 2. The number of carbonyl (C=O) groups is 1. The van der Waals surface area contributed by atoms with Crippen molar-refractivity contribution in [1.29, 1.82) is 0 Å². The Bertz CT molecular complexity index is 1160. The zero-order valence-electron chi connectivity index (χ0n) is 16.5. The molecule has 0 saturated carbocycles. The molecule has 1 spiro atoms. The molecule has 0 aliphatic carbocycles. The summed E-state index contributed by atoms with van der Waals surface area (Å²) in [7, 11) is -3.57. The van der Waals surface area contributed by atoms with Crippen LogP contribution in [0.1, 0.15) is 36.3 Å². The molecule has 4 rings (SSSR count). The third kappa shape index (κ3) is 3.31. The Morgan fingerprint density at radius 2 is 2.03 bits per heavy atom. The van der Waals surface area contributed by atoms with Crippen molar-refractivity contribution in [3.63, 3.8) is 0 Å². The number of hydrogen-bond donors (Lipinski definition) is 2. The molecule has 1 aromatic heterocycles. The van der Waals surface area contributed by atoms with Crippen LogP contribution in [0.25, 0.3) is 0 Å². The minimum Gasteiger partial charge on any atom is -0.493 e. The molecule has 1 unspecified atom stereocenters. The topological polar surface area (TPSA) is 124 Å². The highest BCUT2D eigenvalue weighted by atomic mass is 35.5. The second-order valence-corrected chi connectivity index (χ2v) is 10.9. The Kier molecular flexibility index (Phi) is 4.78. The third-order valence-corrected chi connectivity index (χ3v) is 8.47. The number of aliphatic imine (C=N–C) groups is 1. The van der Waals surface area contributed by atoms with Crippen molar-refractivity contribution in [2.24, 2.45) is 10.7 Å². The van der Waals surface area contributed by atoms with Gasteiger partial charge in [-0.3, -0.25) is 9.79 Å². The largest absolute Gasteiger partial charge is 0.493 e. The first-order chi connectivity index (χ1) is 14.0. The molecule has 158 valence electrons. The zero-order valence-corrected chi connectivity index (χ0v) is 18.0. The van der Waals surface area contributed by atoms with E-state index >= 15 is 0 Å². The molecule has 30 heavy (non-hydrogen) atoms. The number of hydrogen-bond acceptors (Lipinski definition) is 7. The lowest BCUT2D eigenvalue weighted by Gasteiger charge is -2.42. The zero-order chi connectivity index (χ0) is 21.7. The van der Waals surface area contributed by atoms with Gasteiger partial charge in [0, 0.05) is 23.9 Å². The number of pyridine rings is 1. The number of carbonyl (C=O) groups excluding carboxylic acids is 1. The van der Waals surface area contributed by atoms with Crippen LogP contribution in [-0.4, -0.2) is 42.3 Å². The summed E-state index contributed by atoms with van der Waals surface area (Å²) in [5.74, 6) is -0.00486. The van der Waals surface area contributed by atoms with Gasteiger partial charge in [-0.05, 0) is 44.2 Å². The number of amides is 1. The molecular formula is C20H21ClN4O4S. The number of nitrogens with two attached hydrogens (primary N) is 1. The van der Waals surface area contributed by atoms with Crippen molar-refractivity contribution in [3.8, 4) is 5.75 Å². The van der Waals surface area contributed by atoms with Gasteiger partial charge in [0.05, 0.1) is 17.4 Å². The van der Waals surface area contributed by atoms with Crippen LogP contribution >= 0.6 is 11.6 Å². The maximum atomic E-state index is 13.0. The van der Waals surface area contributed by atoms with Crippen molar-refractivity contribution in [3.05, 3.63) is 52.8 Å². The molecule has 2 aliphatic heterocycles. The summed E-state index contributed by atoms with van der Waals surface area (Å²) in [5, 5.41) is 3.20. The van der Waals surface area contributed by atoms with Crippen molar-refractivity contribution >= 4 is 38.9 Å². The highest BCUT2D eigenvalue weighted by molar-refractivity contribution is 7.93. The van der Waals surface area contributed by atoms with Crippen LogP contribution in [0.4, 0.5) is 5.69 Å². The van der Waals surface area contributed by atoms with E-state index in [9.17, 15) is 13.2 Å². The van der Waals surface area contributed by atoms with E-state index in [4.69, 9.17) is 22.1 Å². The molecule has 3 heterocycles. The number of fused-ring (bicyclic) bond motifs is 2. The fraction of sp³-hybridized carbons (Fsp3) is 0.350. The van der Waals surface area contributed by atoms with Crippen molar-refractivity contribution in [2.45, 2.75) is 30.6 Å². The van der Waals surface area contributed by atoms with Crippen LogP contribution in [0.3, 0.4) is 0 Å². The summed E-state index contributed by atoms with van der Waals surface area (Å²) in [6, 6.07) is 8.15. The summed E-state index contributed by atoms with van der Waals surface area (Å²) in [4.78, 5) is 21.2. The van der Waals surface area contributed by atoms with E-state index in [1.165, 1.54) is 12.3 Å². The Morgan fingerprint density at radius 3 is 2.70 bits per heavy atom. The summed E-state index contributed by atoms with van der Waals surface area (Å²) in [6.07, 6.45) is 1.75. The number of aromatic nitrogens is 1. The van der Waals surface area contributed by atoms with Crippen molar-refractivity contribution in [2.75, 3.05) is 17.7 Å². The standard InChI is InChI=1S/C20H21ClN4O4S/c1-19(2)18(22)25-20(11-30(19,27)28)7-8-29-16-6-4-13(9-14(16)20)24-17(26)15-5-3-12(21)10-23-15/h3-6,9-10H,7-8,11H2,1-2H3,(H2,22,25)(H,24,26). The second-order valence-electron chi connectivity index (χ2n) is 7.92. The summed E-state index contributed by atoms with van der Waals surface area (Å²) in [5.41, 5.74) is 6.30. The van der Waals surface area contributed by atoms with Crippen LogP contribution in [0.2, 0.25) is 5.02 Å². The first-order valence-electron chi connectivity index (χ1n) is 9.32. The van der Waals surface area contributed by atoms with E-state index in [2.05, 4.69) is 15.3 Å². The predicted octanol–water partition coefficient (Wildman–Crippen LogP) is 2.53. The average molecular weight is 449 g/mol. The quantitative estimate of drug-likeness (QED) is 0.727. The first kappa shape index (κ1) is 20.6. The van der Waals surface area contributed by atoms with Gasteiger partial charge in [0.2, 0.25) is 0 Å². The van der Waals surface area contributed by atoms with Crippen molar-refractivity contribution < 1.29 is 17.9 Å². The molecule has 10 heteroatoms. The van der Waals surface area contributed by atoms with Crippen molar-refractivity contribution in [1.82, 2.24) is 4.98 Å². The van der Waals surface area contributed by atoms with Crippen LogP contribution < -0.4 is 15.8 Å². The first-order valence-corrected chi connectivity index (χ1v) is 11.4. The molecule has 1 amide bonds. The molecule has 3 N–H and O–H groups in total. The van der Waals surface area contributed by atoms with Crippen LogP contribution in [-0.2, 0) is 15.4 Å². The molecule has 0 radical (unpaired) electrons. The number of nitrogens with zero attached hydrogens (tertiary/aromatic N) is 2. The lowest BCUT2D eigenvalue weighted by molar-refractivity contribution is 0.102. The average Bonchev–Trinajstić information content (AvgIpc) is 2.67. The minimum atomic E-state index is -3.57. The normalized spacial score (nSPS) is 23.8. The maximum absolute atomic E-state index is 13.0. The van der Waals surface area contributed by atoms with Gasteiger partial charge >= 0.3 is 0 Å². The number of ether oxygens (including phenoxy) is 1. The van der Waals surface area contributed by atoms with Gasteiger partial charge in [-0.15, -0.1) is 0 Å². The van der Waals surface area contributed by atoms with E-state index < -0.39 is 26.0 Å². The molecule has 8 nitrogen and oxygen atoms in total. The molecule has 0 fully saturated rings. The van der Waals surface area contributed by atoms with Crippen LogP contribution in [0.15, 0.2) is 41.5 Å². The van der Waals surface area contributed by atoms with Gasteiger partial charge in [-0.25, -0.2) is 13.4 Å². The lowest BCUT2D eigenvalue weighted by Crippen LogP contribution is -2.56. The van der Waals surface area contributed by atoms with Gasteiger partial charge in [0.1, 0.15) is 27.6 Å². The summed E-state index contributed by atoms with van der Waals surface area (Å²) < 4.78 is 30.4. The van der Waals surface area contributed by atoms with Crippen LogP contribution in [0, 0.1) is 0 Å². The Balaban J connectivity index is 1.73. The number of nitrogens with one attached hydrogen (secondary N) is 1. The molecule has 0 bridgehead atoms. The number of halogens is 1. The van der Waals surface area contributed by atoms with E-state index in [0.717, 1.165) is 0 Å². The Morgan fingerprint density at radius 1 is 1.27 bits per heavy atom. The molecule has 2 aromatic rings. The fourth-order valence-corrected chi connectivity index (χ4v) is 5.41. The number of sulfone groups is 1. The lowest BCUT2D eigenvalue weighted by atomic mass is 9.85. The second kappa shape index (κ2) is 6.95. The molecule has 2 aliphatic rings. The fourth-order valence-electron chi connectivity index (χ4n) is 3.58. The van der Waals surface area contributed by atoms with E-state index in [1.807, 2.05) is 0 Å². The van der Waals surface area contributed by atoms with Crippen LogP contribution in [0.5, 0.6) is 5.75 Å². The summed E-state index contributed by atoms with van der Waals surface area (Å²) in [6.45, 7) is 3.44. The highest BCUT2D eigenvalue weighted by Crippen LogP contribution is 2.46. The van der Waals surface area contributed by atoms with E-state index in [-0.39, 0.29) is 17.3 Å². The number of benzene rings is 1. The molecular weight excluding hydrogens is 428 g/mol. The SMILES string of the molecule is CC1(C)C(N)=NC2(CCOc3ccc(NC(=O)c4ccc(Cl)cn4)cc32)CS1(=O)=O. The van der Waals surface area contributed by atoms with Gasteiger partial charge in [0.25, 0.3) is 5.91 Å². The molecule has 0 saturated heterocycles. The van der Waals surface area contributed by atoms with E-state index in [1.54, 1.807) is 38.1 Å². The number of amidine groups is 1. The van der Waals surface area contributed by atoms with Gasteiger partial charge in [-0.1, -0.05) is 11.6 Å². The smallest absolute Gasteiger partial charge is 0.274 e. The predicted molar refractivity (Wildman–Crippen MR) is 115 cm³/mol. The van der Waals surface area contributed by atoms with E-state index in [0.29, 0.717) is 35.1 Å². The maximum Gasteiger partial charge on any atom is 0.274 e. The minimum absolute atomic E-state index is 0.0707. The van der Waals surface area contributed by atoms with Gasteiger partial charge < -0.3 is 15.8 Å². The summed E-state index contributed by atoms with van der Waals surface area (Å²) >= 11 is 5.81. The third-order valence-electron chi connectivity index (χ3n) is 5.63.